The Hall–Kier alpha value is -3.15. The number of aromatic nitrogens is 1. The second-order valence-electron chi connectivity index (χ2n) is 7.12. The third-order valence-electron chi connectivity index (χ3n) is 4.98. The van der Waals surface area contributed by atoms with Crippen molar-refractivity contribution in [2.24, 2.45) is 4.99 Å². The van der Waals surface area contributed by atoms with Crippen molar-refractivity contribution in [2.45, 2.75) is 13.8 Å². The minimum absolute atomic E-state index is 0.592. The molecule has 0 radical (unpaired) electrons. The molecule has 0 aliphatic rings. The highest BCUT2D eigenvalue weighted by Crippen LogP contribution is 2.31. The number of para-hydroxylation sites is 1. The Morgan fingerprint density at radius 2 is 1.90 bits per heavy atom. The van der Waals surface area contributed by atoms with Crippen molar-refractivity contribution in [3.05, 3.63) is 82.7 Å². The molecule has 0 aliphatic carbocycles. The van der Waals surface area contributed by atoms with Gasteiger partial charge in [-0.1, -0.05) is 35.1 Å². The summed E-state index contributed by atoms with van der Waals surface area (Å²) in [5.41, 5.74) is 3.79. The standard InChI is InChI=1S/C25H19ClN2O2S/c1-3-29-18-11-12-21-19(13-18)20(14-22(30-21)16-7-9-17(26)10-8-16)27-25-28-24-15(2)5-4-6-23(24)31-25/h4-14H,3H2,1-2H3. The Bertz CT molecular complexity index is 1470. The molecular formula is C25H19ClN2O2S. The van der Waals surface area contributed by atoms with Crippen LogP contribution in [0.15, 0.2) is 76.1 Å². The normalized spacial score (nSPS) is 12.0. The smallest absolute Gasteiger partial charge is 0.210 e. The highest BCUT2D eigenvalue weighted by atomic mass is 35.5. The number of fused-ring (bicyclic) bond motifs is 2. The predicted molar refractivity (Wildman–Crippen MR) is 127 cm³/mol. The molecule has 2 heterocycles. The van der Waals surface area contributed by atoms with Crippen LogP contribution in [-0.2, 0) is 0 Å². The van der Waals surface area contributed by atoms with E-state index in [2.05, 4.69) is 19.1 Å². The number of ether oxygens (including phenoxy) is 1. The van der Waals surface area contributed by atoms with Crippen LogP contribution in [-0.4, -0.2) is 11.6 Å². The first kappa shape index (κ1) is 19.8. The Labute approximate surface area is 188 Å². The van der Waals surface area contributed by atoms with Crippen molar-refractivity contribution < 1.29 is 9.15 Å². The van der Waals surface area contributed by atoms with E-state index in [0.29, 0.717) is 22.5 Å². The minimum Gasteiger partial charge on any atom is -0.494 e. The first-order valence-electron chi connectivity index (χ1n) is 9.98. The molecule has 0 saturated carbocycles. The van der Waals surface area contributed by atoms with Crippen LogP contribution in [0.1, 0.15) is 12.5 Å². The van der Waals surface area contributed by atoms with Gasteiger partial charge in [-0.25, -0.2) is 9.98 Å². The van der Waals surface area contributed by atoms with Crippen molar-refractivity contribution in [2.75, 3.05) is 6.61 Å². The van der Waals surface area contributed by atoms with Gasteiger partial charge in [0.25, 0.3) is 0 Å². The molecule has 4 nitrogen and oxygen atoms in total. The number of halogens is 1. The van der Waals surface area contributed by atoms with Gasteiger partial charge in [0.1, 0.15) is 17.1 Å². The zero-order valence-electron chi connectivity index (χ0n) is 17.1. The van der Waals surface area contributed by atoms with Gasteiger partial charge in [0, 0.05) is 22.0 Å². The maximum absolute atomic E-state index is 6.20. The number of aryl methyl sites for hydroxylation is 1. The van der Waals surface area contributed by atoms with Crippen molar-refractivity contribution in [1.29, 1.82) is 0 Å². The lowest BCUT2D eigenvalue weighted by molar-refractivity contribution is 0.340. The molecule has 0 unspecified atom stereocenters. The topological polar surface area (TPSA) is 47.6 Å². The molecule has 0 N–H and O–H groups in total. The fraction of sp³-hybridized carbons (Fsp3) is 0.120. The first-order chi connectivity index (χ1) is 15.1. The van der Waals surface area contributed by atoms with Gasteiger partial charge in [-0.2, -0.15) is 0 Å². The van der Waals surface area contributed by atoms with Crippen molar-refractivity contribution in [1.82, 2.24) is 4.98 Å². The van der Waals surface area contributed by atoms with E-state index in [9.17, 15) is 0 Å². The molecule has 5 rings (SSSR count). The largest absolute Gasteiger partial charge is 0.494 e. The van der Waals surface area contributed by atoms with Gasteiger partial charge in [-0.05, 0) is 67.9 Å². The van der Waals surface area contributed by atoms with Gasteiger partial charge in [-0.15, -0.1) is 0 Å². The molecule has 6 heteroatoms. The molecule has 3 aromatic carbocycles. The molecule has 0 spiro atoms. The number of hydrogen-bond acceptors (Lipinski definition) is 5. The lowest BCUT2D eigenvalue weighted by Crippen LogP contribution is -2.04. The average Bonchev–Trinajstić information content (AvgIpc) is 3.19. The number of thiazole rings is 1. The average molecular weight is 447 g/mol. The van der Waals surface area contributed by atoms with E-state index < -0.39 is 0 Å². The molecule has 0 amide bonds. The molecule has 0 aliphatic heterocycles. The summed E-state index contributed by atoms with van der Waals surface area (Å²) in [6.45, 7) is 4.62. The summed E-state index contributed by atoms with van der Waals surface area (Å²) in [5.74, 6) is 1.49. The van der Waals surface area contributed by atoms with E-state index in [-0.39, 0.29) is 0 Å². The van der Waals surface area contributed by atoms with Crippen LogP contribution in [0.2, 0.25) is 5.02 Å². The molecule has 5 aromatic rings. The van der Waals surface area contributed by atoms with Crippen molar-refractivity contribution >= 4 is 49.3 Å². The molecule has 0 fully saturated rings. The van der Waals surface area contributed by atoms with E-state index in [1.807, 2.05) is 61.5 Å². The van der Waals surface area contributed by atoms with Crippen LogP contribution in [0.3, 0.4) is 0 Å². The quantitative estimate of drug-likeness (QED) is 0.291. The van der Waals surface area contributed by atoms with E-state index in [1.165, 1.54) is 0 Å². The van der Waals surface area contributed by atoms with Gasteiger partial charge in [-0.3, -0.25) is 0 Å². The molecule has 0 bridgehead atoms. The third-order valence-corrected chi connectivity index (χ3v) is 6.15. The zero-order chi connectivity index (χ0) is 21.4. The molecule has 31 heavy (non-hydrogen) atoms. The lowest BCUT2D eigenvalue weighted by atomic mass is 10.1. The Morgan fingerprint density at radius 3 is 2.68 bits per heavy atom. The zero-order valence-corrected chi connectivity index (χ0v) is 18.6. The van der Waals surface area contributed by atoms with Crippen LogP contribution in [0.25, 0.3) is 32.5 Å². The summed E-state index contributed by atoms with van der Waals surface area (Å²) in [5, 5.41) is 3.05. The maximum Gasteiger partial charge on any atom is 0.210 e. The fourth-order valence-electron chi connectivity index (χ4n) is 3.48. The highest BCUT2D eigenvalue weighted by Gasteiger charge is 2.10. The number of nitrogens with zero attached hydrogens (tertiary/aromatic N) is 2. The molecule has 0 saturated heterocycles. The van der Waals surface area contributed by atoms with Gasteiger partial charge in [0.15, 0.2) is 0 Å². The van der Waals surface area contributed by atoms with Crippen molar-refractivity contribution in [3.63, 3.8) is 0 Å². The van der Waals surface area contributed by atoms with Gasteiger partial charge >= 0.3 is 0 Å². The second-order valence-corrected chi connectivity index (χ2v) is 8.57. The number of benzene rings is 3. The summed E-state index contributed by atoms with van der Waals surface area (Å²) in [6.07, 6.45) is 0. The first-order valence-corrected chi connectivity index (χ1v) is 11.2. The molecule has 2 aromatic heterocycles. The molecule has 0 atom stereocenters. The van der Waals surface area contributed by atoms with E-state index in [1.54, 1.807) is 11.3 Å². The van der Waals surface area contributed by atoms with Crippen LogP contribution in [0.5, 0.6) is 5.75 Å². The minimum atomic E-state index is 0.592. The van der Waals surface area contributed by atoms with Crippen LogP contribution in [0.4, 0.5) is 5.13 Å². The molecule has 154 valence electrons. The summed E-state index contributed by atoms with van der Waals surface area (Å²) >= 11 is 7.64. The summed E-state index contributed by atoms with van der Waals surface area (Å²) in [7, 11) is 0. The van der Waals surface area contributed by atoms with Crippen LogP contribution < -0.4 is 10.1 Å². The fourth-order valence-corrected chi connectivity index (χ4v) is 4.53. The molecular weight excluding hydrogens is 428 g/mol. The van der Waals surface area contributed by atoms with E-state index in [0.717, 1.165) is 43.4 Å². The maximum atomic E-state index is 6.20. The van der Waals surface area contributed by atoms with E-state index >= 15 is 0 Å². The van der Waals surface area contributed by atoms with E-state index in [4.69, 9.17) is 30.7 Å². The van der Waals surface area contributed by atoms with Gasteiger partial charge < -0.3 is 9.15 Å². The second kappa shape index (κ2) is 8.17. The predicted octanol–water partition coefficient (Wildman–Crippen LogP) is 7.30. The van der Waals surface area contributed by atoms with Crippen molar-refractivity contribution in [3.8, 4) is 17.1 Å². The summed E-state index contributed by atoms with van der Waals surface area (Å²) < 4.78 is 13.0. The Morgan fingerprint density at radius 1 is 1.06 bits per heavy atom. The SMILES string of the molecule is CCOc1ccc2oc(-c3ccc(Cl)cc3)cc(=Nc3nc4c(C)cccc4s3)c2c1. The third kappa shape index (κ3) is 3.94. The van der Waals surface area contributed by atoms with Gasteiger partial charge in [0.2, 0.25) is 5.13 Å². The lowest BCUT2D eigenvalue weighted by Gasteiger charge is -2.07. The summed E-state index contributed by atoms with van der Waals surface area (Å²) in [4.78, 5) is 9.68. The highest BCUT2D eigenvalue weighted by molar-refractivity contribution is 7.21. The van der Waals surface area contributed by atoms with Crippen LogP contribution in [0, 0.1) is 6.92 Å². The monoisotopic (exact) mass is 446 g/mol. The number of rotatable bonds is 4. The van der Waals surface area contributed by atoms with Crippen LogP contribution >= 0.6 is 22.9 Å². The summed E-state index contributed by atoms with van der Waals surface area (Å²) in [6, 6.07) is 21.5. The Balaban J connectivity index is 1.76. The number of hydrogen-bond donors (Lipinski definition) is 0. The Kier molecular flexibility index (Phi) is 5.22. The van der Waals surface area contributed by atoms with Gasteiger partial charge in [0.05, 0.1) is 22.2 Å².